The van der Waals surface area contributed by atoms with Crippen LogP contribution in [0.15, 0.2) is 18.2 Å². The van der Waals surface area contributed by atoms with E-state index < -0.39 is 6.04 Å². The van der Waals surface area contributed by atoms with E-state index in [1.165, 1.54) is 18.2 Å². The first-order chi connectivity index (χ1) is 9.65. The van der Waals surface area contributed by atoms with Crippen LogP contribution in [0.25, 0.3) is 0 Å². The molecule has 0 radical (unpaired) electrons. The summed E-state index contributed by atoms with van der Waals surface area (Å²) in [5.41, 5.74) is 0.825. The number of benzene rings is 1. The summed E-state index contributed by atoms with van der Waals surface area (Å²) in [6, 6.07) is 5.80. The van der Waals surface area contributed by atoms with E-state index in [-0.39, 0.29) is 18.3 Å². The van der Waals surface area contributed by atoms with E-state index in [0.29, 0.717) is 30.9 Å². The van der Waals surface area contributed by atoms with E-state index in [9.17, 15) is 9.18 Å². The molecule has 1 fully saturated rings. The first kappa shape index (κ1) is 14.4. The first-order valence-electron chi connectivity index (χ1n) is 6.37. The van der Waals surface area contributed by atoms with Crippen molar-refractivity contribution in [2.45, 2.75) is 12.6 Å². The molecule has 6 heteroatoms. The smallest absolute Gasteiger partial charge is 0.239 e. The Kier molecular flexibility index (Phi) is 4.66. The predicted molar refractivity (Wildman–Crippen MR) is 70.2 cm³/mol. The van der Waals surface area contributed by atoms with Crippen molar-refractivity contribution < 1.29 is 13.9 Å². The molecular weight excluding hydrogens is 261 g/mol. The fourth-order valence-corrected chi connectivity index (χ4v) is 2.22. The van der Waals surface area contributed by atoms with Gasteiger partial charge in [0, 0.05) is 25.7 Å². The molecule has 1 amide bonds. The molecule has 1 N–H and O–H groups in total. The minimum Gasteiger partial charge on any atom is -0.378 e. The van der Waals surface area contributed by atoms with Crippen LogP contribution in [0.2, 0.25) is 0 Å². The van der Waals surface area contributed by atoms with Gasteiger partial charge in [-0.1, -0.05) is 0 Å². The third-order valence-corrected chi connectivity index (χ3v) is 3.34. The molecule has 0 bridgehead atoms. The zero-order chi connectivity index (χ0) is 14.5. The van der Waals surface area contributed by atoms with Gasteiger partial charge in [0.1, 0.15) is 11.9 Å². The quantitative estimate of drug-likeness (QED) is 0.880. The average molecular weight is 277 g/mol. The SMILES string of the molecule is CNC(=O)C1COCCN1Cc1cc(C#N)ccc1F. The highest BCUT2D eigenvalue weighted by molar-refractivity contribution is 5.81. The van der Waals surface area contributed by atoms with Gasteiger partial charge in [0.25, 0.3) is 0 Å². The zero-order valence-corrected chi connectivity index (χ0v) is 11.2. The highest BCUT2D eigenvalue weighted by Gasteiger charge is 2.29. The van der Waals surface area contributed by atoms with Gasteiger partial charge in [0.05, 0.1) is 24.8 Å². The van der Waals surface area contributed by atoms with Crippen LogP contribution in [0.3, 0.4) is 0 Å². The van der Waals surface area contributed by atoms with Gasteiger partial charge in [0.2, 0.25) is 5.91 Å². The number of ether oxygens (including phenoxy) is 1. The van der Waals surface area contributed by atoms with Crippen molar-refractivity contribution in [3.63, 3.8) is 0 Å². The summed E-state index contributed by atoms with van der Waals surface area (Å²) in [7, 11) is 1.56. The molecule has 1 unspecified atom stereocenters. The van der Waals surface area contributed by atoms with Gasteiger partial charge >= 0.3 is 0 Å². The van der Waals surface area contributed by atoms with E-state index in [4.69, 9.17) is 10.00 Å². The normalized spacial score (nSPS) is 19.4. The Balaban J connectivity index is 2.18. The van der Waals surface area contributed by atoms with Gasteiger partial charge in [-0.2, -0.15) is 5.26 Å². The molecule has 1 saturated heterocycles. The number of carbonyl (C=O) groups is 1. The van der Waals surface area contributed by atoms with E-state index >= 15 is 0 Å². The van der Waals surface area contributed by atoms with Crippen LogP contribution in [0, 0.1) is 17.1 Å². The number of nitrogens with one attached hydrogen (secondary N) is 1. The summed E-state index contributed by atoms with van der Waals surface area (Å²) in [5, 5.41) is 11.4. The molecule has 1 aromatic carbocycles. The Morgan fingerprint density at radius 2 is 2.45 bits per heavy atom. The number of rotatable bonds is 3. The van der Waals surface area contributed by atoms with Crippen molar-refractivity contribution in [3.8, 4) is 6.07 Å². The highest BCUT2D eigenvalue weighted by Crippen LogP contribution is 2.16. The van der Waals surface area contributed by atoms with Crippen molar-refractivity contribution in [1.82, 2.24) is 10.2 Å². The lowest BCUT2D eigenvalue weighted by Crippen LogP contribution is -2.52. The summed E-state index contributed by atoms with van der Waals surface area (Å²) >= 11 is 0. The fraction of sp³-hybridized carbons (Fsp3) is 0.429. The van der Waals surface area contributed by atoms with Crippen molar-refractivity contribution >= 4 is 5.91 Å². The van der Waals surface area contributed by atoms with Gasteiger partial charge in [-0.15, -0.1) is 0 Å². The topological polar surface area (TPSA) is 65.4 Å². The van der Waals surface area contributed by atoms with Crippen LogP contribution in [0.1, 0.15) is 11.1 Å². The number of amides is 1. The maximum absolute atomic E-state index is 13.8. The molecule has 0 aromatic heterocycles. The van der Waals surface area contributed by atoms with Crippen molar-refractivity contribution in [1.29, 1.82) is 5.26 Å². The zero-order valence-electron chi connectivity index (χ0n) is 11.2. The minimum absolute atomic E-state index is 0.151. The van der Waals surface area contributed by atoms with Gasteiger partial charge in [-0.3, -0.25) is 9.69 Å². The molecule has 5 nitrogen and oxygen atoms in total. The lowest BCUT2D eigenvalue weighted by atomic mass is 10.1. The molecule has 0 saturated carbocycles. The third-order valence-electron chi connectivity index (χ3n) is 3.34. The van der Waals surface area contributed by atoms with Crippen molar-refractivity contribution in [3.05, 3.63) is 35.1 Å². The van der Waals surface area contributed by atoms with Crippen LogP contribution in [0.5, 0.6) is 0 Å². The molecular formula is C14H16FN3O2. The lowest BCUT2D eigenvalue weighted by Gasteiger charge is -2.34. The first-order valence-corrected chi connectivity index (χ1v) is 6.37. The van der Waals surface area contributed by atoms with Gasteiger partial charge in [-0.05, 0) is 18.2 Å². The van der Waals surface area contributed by atoms with E-state index in [1.807, 2.05) is 11.0 Å². The Morgan fingerprint density at radius 3 is 3.15 bits per heavy atom. The molecule has 1 heterocycles. The van der Waals surface area contributed by atoms with Gasteiger partial charge < -0.3 is 10.1 Å². The van der Waals surface area contributed by atoms with Gasteiger partial charge in [-0.25, -0.2) is 4.39 Å². The highest BCUT2D eigenvalue weighted by atomic mass is 19.1. The second kappa shape index (κ2) is 6.46. The maximum atomic E-state index is 13.8. The Morgan fingerprint density at radius 1 is 1.65 bits per heavy atom. The third kappa shape index (κ3) is 3.13. The van der Waals surface area contributed by atoms with Gasteiger partial charge in [0.15, 0.2) is 0 Å². The molecule has 1 aliphatic heterocycles. The van der Waals surface area contributed by atoms with Crippen LogP contribution >= 0.6 is 0 Å². The molecule has 2 rings (SSSR count). The summed E-state index contributed by atoms with van der Waals surface area (Å²) in [6.45, 7) is 1.63. The summed E-state index contributed by atoms with van der Waals surface area (Å²) in [4.78, 5) is 13.7. The summed E-state index contributed by atoms with van der Waals surface area (Å²) in [5.74, 6) is -0.521. The number of hydrogen-bond donors (Lipinski definition) is 1. The molecule has 0 spiro atoms. The standard InChI is InChI=1S/C14H16FN3O2/c1-17-14(19)13-9-20-5-4-18(13)8-11-6-10(7-16)2-3-12(11)15/h2-3,6,13H,4-5,8-9H2,1H3,(H,17,19). The Bertz CT molecular complexity index is 542. The lowest BCUT2D eigenvalue weighted by molar-refractivity contribution is -0.132. The number of nitrogens with zero attached hydrogens (tertiary/aromatic N) is 2. The number of morpholine rings is 1. The number of halogens is 1. The largest absolute Gasteiger partial charge is 0.378 e. The van der Waals surface area contributed by atoms with Crippen LogP contribution < -0.4 is 5.32 Å². The van der Waals surface area contributed by atoms with E-state index in [2.05, 4.69) is 5.32 Å². The van der Waals surface area contributed by atoms with E-state index in [1.54, 1.807) is 7.05 Å². The Labute approximate surface area is 116 Å². The molecule has 1 aromatic rings. The number of likely N-dealkylation sites (N-methyl/N-ethyl adjacent to an activating group) is 1. The van der Waals surface area contributed by atoms with Crippen molar-refractivity contribution in [2.24, 2.45) is 0 Å². The van der Waals surface area contributed by atoms with Crippen molar-refractivity contribution in [2.75, 3.05) is 26.8 Å². The minimum atomic E-state index is -0.432. The van der Waals surface area contributed by atoms with Crippen LogP contribution in [-0.2, 0) is 16.1 Å². The molecule has 1 atom stereocenters. The van der Waals surface area contributed by atoms with E-state index in [0.717, 1.165) is 0 Å². The Hall–Kier alpha value is -1.97. The maximum Gasteiger partial charge on any atom is 0.239 e. The molecule has 1 aliphatic rings. The number of carbonyl (C=O) groups excluding carboxylic acids is 1. The monoisotopic (exact) mass is 277 g/mol. The fourth-order valence-electron chi connectivity index (χ4n) is 2.22. The summed E-state index contributed by atoms with van der Waals surface area (Å²) in [6.07, 6.45) is 0. The predicted octanol–water partition coefficient (Wildman–Crippen LogP) is 0.644. The average Bonchev–Trinajstić information content (AvgIpc) is 2.49. The number of hydrogen-bond acceptors (Lipinski definition) is 4. The molecule has 0 aliphatic carbocycles. The second-order valence-electron chi connectivity index (χ2n) is 4.59. The summed E-state index contributed by atoms with van der Waals surface area (Å²) < 4.78 is 19.1. The second-order valence-corrected chi connectivity index (χ2v) is 4.59. The van der Waals surface area contributed by atoms with Crippen LogP contribution in [-0.4, -0.2) is 43.7 Å². The number of nitriles is 1. The van der Waals surface area contributed by atoms with Crippen LogP contribution in [0.4, 0.5) is 4.39 Å². The molecule has 106 valence electrons. The molecule has 20 heavy (non-hydrogen) atoms.